The summed E-state index contributed by atoms with van der Waals surface area (Å²) in [5.74, 6) is -0.930. The highest BCUT2D eigenvalue weighted by Gasteiger charge is 2.19. The van der Waals surface area contributed by atoms with Crippen LogP contribution >= 0.6 is 0 Å². The van der Waals surface area contributed by atoms with Crippen LogP contribution in [0.1, 0.15) is 316 Å². The first kappa shape index (κ1) is 75.1. The van der Waals surface area contributed by atoms with Gasteiger partial charge in [-0.3, -0.25) is 14.4 Å². The third kappa shape index (κ3) is 64.8. The summed E-state index contributed by atoms with van der Waals surface area (Å²) < 4.78 is 16.9. The van der Waals surface area contributed by atoms with Crippen molar-refractivity contribution < 1.29 is 28.6 Å². The summed E-state index contributed by atoms with van der Waals surface area (Å²) in [5.41, 5.74) is 0. The van der Waals surface area contributed by atoms with Gasteiger partial charge in [0.15, 0.2) is 6.10 Å². The number of carbonyl (C=O) groups excluding carboxylic acids is 3. The van der Waals surface area contributed by atoms with Crippen LogP contribution in [0.25, 0.3) is 0 Å². The summed E-state index contributed by atoms with van der Waals surface area (Å²) in [6, 6.07) is 0. The van der Waals surface area contributed by atoms with Gasteiger partial charge in [0.2, 0.25) is 0 Å². The molecule has 0 amide bonds. The van der Waals surface area contributed by atoms with E-state index in [2.05, 4.69) is 130 Å². The fraction of sp³-hybridized carbons (Fsp3) is 0.712. The van der Waals surface area contributed by atoms with Crippen LogP contribution in [0.4, 0.5) is 0 Å². The summed E-state index contributed by atoms with van der Waals surface area (Å²) in [6.45, 7) is 6.49. The van der Waals surface area contributed by atoms with E-state index in [9.17, 15) is 14.4 Å². The summed E-state index contributed by atoms with van der Waals surface area (Å²) >= 11 is 0. The molecule has 0 spiro atoms. The smallest absolute Gasteiger partial charge is 0.306 e. The van der Waals surface area contributed by atoms with Crippen molar-refractivity contribution in [2.24, 2.45) is 0 Å². The van der Waals surface area contributed by atoms with Gasteiger partial charge in [0, 0.05) is 19.3 Å². The third-order valence-electron chi connectivity index (χ3n) is 14.3. The SMILES string of the molecule is CC/C=C\C/C=C\C/C=C\C/C=C\C/C=C\C/C=C\CCCCC(=O)OC(COC(=O)CCCCCCCCCCCCC)COC(=O)CCCCCCCCCCCCCCCC/C=C\C/C=C\C/C=C\CCCCCCC. The average Bonchev–Trinajstić information content (AvgIpc) is 3.45. The van der Waals surface area contributed by atoms with Crippen LogP contribution < -0.4 is 0 Å². The van der Waals surface area contributed by atoms with Crippen LogP contribution in [0.3, 0.4) is 0 Å². The molecule has 6 heteroatoms. The van der Waals surface area contributed by atoms with Gasteiger partial charge in [-0.2, -0.15) is 0 Å². The highest BCUT2D eigenvalue weighted by Crippen LogP contribution is 2.16. The first-order chi connectivity index (χ1) is 39.0. The Morgan fingerprint density at radius 3 is 0.797 bits per heavy atom. The van der Waals surface area contributed by atoms with Crippen molar-refractivity contribution >= 4 is 17.9 Å². The Morgan fingerprint density at radius 1 is 0.266 bits per heavy atom. The van der Waals surface area contributed by atoms with E-state index < -0.39 is 6.10 Å². The lowest BCUT2D eigenvalue weighted by Gasteiger charge is -2.18. The number of hydrogen-bond donors (Lipinski definition) is 0. The minimum atomic E-state index is -0.802. The molecule has 79 heavy (non-hydrogen) atoms. The fourth-order valence-electron chi connectivity index (χ4n) is 9.28. The number of ether oxygens (including phenoxy) is 3. The Balaban J connectivity index is 4.29. The molecule has 0 fully saturated rings. The van der Waals surface area contributed by atoms with Crippen LogP contribution in [-0.4, -0.2) is 37.2 Å². The summed E-state index contributed by atoms with van der Waals surface area (Å²) in [4.78, 5) is 38.3. The fourth-order valence-corrected chi connectivity index (χ4v) is 9.28. The van der Waals surface area contributed by atoms with Crippen LogP contribution in [-0.2, 0) is 28.6 Å². The predicted octanol–water partition coefficient (Wildman–Crippen LogP) is 23.0. The van der Waals surface area contributed by atoms with Gasteiger partial charge in [-0.15, -0.1) is 0 Å². The number of rotatable bonds is 60. The van der Waals surface area contributed by atoms with Crippen molar-refractivity contribution in [3.63, 3.8) is 0 Å². The number of unbranched alkanes of at least 4 members (excludes halogenated alkanes) is 31. The summed E-state index contributed by atoms with van der Waals surface area (Å²) in [7, 11) is 0. The van der Waals surface area contributed by atoms with Gasteiger partial charge in [0.05, 0.1) is 0 Å². The Morgan fingerprint density at radius 2 is 0.494 bits per heavy atom. The Kier molecular flexibility index (Phi) is 63.3. The molecule has 0 aromatic carbocycles. The van der Waals surface area contributed by atoms with Gasteiger partial charge in [0.1, 0.15) is 13.2 Å². The van der Waals surface area contributed by atoms with Crippen molar-refractivity contribution in [1.82, 2.24) is 0 Å². The highest BCUT2D eigenvalue weighted by molar-refractivity contribution is 5.71. The zero-order valence-electron chi connectivity index (χ0n) is 51.9. The second-order valence-electron chi connectivity index (χ2n) is 22.0. The molecule has 0 heterocycles. The maximum Gasteiger partial charge on any atom is 0.306 e. The van der Waals surface area contributed by atoms with Crippen LogP contribution in [0.2, 0.25) is 0 Å². The maximum absolute atomic E-state index is 12.9. The number of hydrogen-bond acceptors (Lipinski definition) is 6. The molecule has 6 nitrogen and oxygen atoms in total. The molecule has 0 bridgehead atoms. The monoisotopic (exact) mass is 1100 g/mol. The Labute approximate surface area is 489 Å². The van der Waals surface area contributed by atoms with E-state index >= 15 is 0 Å². The van der Waals surface area contributed by atoms with Crippen LogP contribution in [0.15, 0.2) is 109 Å². The minimum absolute atomic E-state index is 0.0940. The standard InChI is InChI=1S/C73H124O6/c1-4-7-10-13-16-19-22-24-26-28-30-32-33-34-35-36-37-38-39-41-42-44-46-48-51-54-57-60-63-66-72(75)78-69-70(68-77-71(74)65-62-59-56-53-50-21-18-15-12-9-6-3)79-73(76)67-64-61-58-55-52-49-47-45-43-40-31-29-27-25-23-20-17-14-11-8-5-2/h8,11,17,20,22,24-25,27-28,30-31,33-34,40,45,47,52,55,70H,4-7,9-10,12-16,18-19,21,23,26,29,32,35-39,41-44,46,48-51,53-54,56-69H2,1-3H3/b11-8-,20-17-,24-22-,27-25-,30-28-,34-33-,40-31-,47-45-,55-52-. The molecule has 0 aliphatic rings. The Hall–Kier alpha value is -3.93. The lowest BCUT2D eigenvalue weighted by molar-refractivity contribution is -0.167. The van der Waals surface area contributed by atoms with Crippen molar-refractivity contribution in [2.75, 3.05) is 13.2 Å². The van der Waals surface area contributed by atoms with Crippen molar-refractivity contribution in [3.05, 3.63) is 109 Å². The zero-order chi connectivity index (χ0) is 57.1. The number of allylic oxidation sites excluding steroid dienone is 18. The quantitative estimate of drug-likeness (QED) is 0.0261. The molecular formula is C73H124O6. The van der Waals surface area contributed by atoms with Crippen molar-refractivity contribution in [1.29, 1.82) is 0 Å². The molecule has 0 N–H and O–H groups in total. The van der Waals surface area contributed by atoms with Gasteiger partial charge >= 0.3 is 17.9 Å². The molecule has 0 saturated heterocycles. The first-order valence-corrected chi connectivity index (χ1v) is 33.4. The second-order valence-corrected chi connectivity index (χ2v) is 22.0. The van der Waals surface area contributed by atoms with Gasteiger partial charge in [-0.05, 0) is 109 Å². The summed E-state index contributed by atoms with van der Waals surface area (Å²) in [6.07, 6.45) is 91.1. The molecule has 452 valence electrons. The minimum Gasteiger partial charge on any atom is -0.462 e. The van der Waals surface area contributed by atoms with Crippen LogP contribution in [0, 0.1) is 0 Å². The normalized spacial score (nSPS) is 12.8. The lowest BCUT2D eigenvalue weighted by atomic mass is 10.0. The average molecular weight is 1100 g/mol. The first-order valence-electron chi connectivity index (χ1n) is 33.4. The van der Waals surface area contributed by atoms with Crippen molar-refractivity contribution in [3.8, 4) is 0 Å². The molecule has 1 atom stereocenters. The molecule has 0 rings (SSSR count). The molecular weight excluding hydrogens is 973 g/mol. The third-order valence-corrected chi connectivity index (χ3v) is 14.3. The topological polar surface area (TPSA) is 78.9 Å². The van der Waals surface area contributed by atoms with Crippen LogP contribution in [0.5, 0.6) is 0 Å². The van der Waals surface area contributed by atoms with Gasteiger partial charge in [-0.1, -0.05) is 297 Å². The molecule has 0 aliphatic heterocycles. The van der Waals surface area contributed by atoms with E-state index in [-0.39, 0.29) is 37.5 Å². The maximum atomic E-state index is 12.9. The molecule has 0 aromatic rings. The van der Waals surface area contributed by atoms with E-state index in [4.69, 9.17) is 14.2 Å². The predicted molar refractivity (Wildman–Crippen MR) is 343 cm³/mol. The summed E-state index contributed by atoms with van der Waals surface area (Å²) in [5, 5.41) is 0. The van der Waals surface area contributed by atoms with E-state index in [1.54, 1.807) is 0 Å². The van der Waals surface area contributed by atoms with Gasteiger partial charge < -0.3 is 14.2 Å². The molecule has 0 radical (unpaired) electrons. The number of carbonyl (C=O) groups is 3. The highest BCUT2D eigenvalue weighted by atomic mass is 16.6. The zero-order valence-corrected chi connectivity index (χ0v) is 51.9. The molecule has 0 aromatic heterocycles. The second kappa shape index (κ2) is 66.6. The van der Waals surface area contributed by atoms with E-state index in [0.717, 1.165) is 103 Å². The van der Waals surface area contributed by atoms with Gasteiger partial charge in [0.25, 0.3) is 0 Å². The Bertz CT molecular complexity index is 1590. The van der Waals surface area contributed by atoms with Crippen molar-refractivity contribution in [2.45, 2.75) is 322 Å². The number of esters is 3. The van der Waals surface area contributed by atoms with Gasteiger partial charge in [-0.25, -0.2) is 0 Å². The largest absolute Gasteiger partial charge is 0.462 e. The molecule has 1 unspecified atom stereocenters. The molecule has 0 saturated carbocycles. The molecule has 0 aliphatic carbocycles. The van der Waals surface area contributed by atoms with E-state index in [0.29, 0.717) is 19.3 Å². The van der Waals surface area contributed by atoms with E-state index in [1.807, 2.05) is 0 Å². The lowest BCUT2D eigenvalue weighted by Crippen LogP contribution is -2.30. The van der Waals surface area contributed by atoms with E-state index in [1.165, 1.54) is 167 Å².